The van der Waals surface area contributed by atoms with Gasteiger partial charge in [-0.25, -0.2) is 0 Å². The molecule has 1 aliphatic rings. The maximum absolute atomic E-state index is 10.1. The SMILES string of the molecule is OP(c1ccccc1)c1ccccc1.[CH3][Ir]([Br])([Br])[C]1=CC=CC1. The molecule has 0 saturated carbocycles. The zero-order valence-corrected chi connectivity index (χ0v) is 19.2. The van der Waals surface area contributed by atoms with Gasteiger partial charge in [-0.15, -0.1) is 0 Å². The van der Waals surface area contributed by atoms with Crippen LogP contribution in [0.1, 0.15) is 6.42 Å². The van der Waals surface area contributed by atoms with Gasteiger partial charge in [-0.1, -0.05) is 60.7 Å². The van der Waals surface area contributed by atoms with Crippen molar-refractivity contribution in [3.05, 3.63) is 83.0 Å². The Morgan fingerprint density at radius 2 is 1.39 bits per heavy atom. The first-order valence-corrected chi connectivity index (χ1v) is 22.3. The third-order valence-electron chi connectivity index (χ3n) is 3.09. The topological polar surface area (TPSA) is 20.2 Å². The summed E-state index contributed by atoms with van der Waals surface area (Å²) in [4.78, 5) is 10.1. The molecule has 0 unspecified atom stereocenters. The molecule has 0 atom stereocenters. The van der Waals surface area contributed by atoms with Crippen molar-refractivity contribution in [1.82, 2.24) is 0 Å². The molecule has 0 radical (unpaired) electrons. The molecule has 23 heavy (non-hydrogen) atoms. The molecule has 3 rings (SSSR count). The third-order valence-corrected chi connectivity index (χ3v) is 13.8. The molecule has 0 aromatic heterocycles. The van der Waals surface area contributed by atoms with Crippen LogP contribution in [0.3, 0.4) is 0 Å². The first-order chi connectivity index (χ1) is 11.0. The van der Waals surface area contributed by atoms with Crippen LogP contribution in [0.25, 0.3) is 0 Å². The molecule has 0 fully saturated rings. The van der Waals surface area contributed by atoms with Gasteiger partial charge in [0.05, 0.1) is 8.15 Å². The molecular weight excluding hydrogens is 615 g/mol. The minimum atomic E-state index is -1.76. The minimum absolute atomic E-state index is 0.994. The van der Waals surface area contributed by atoms with Crippen LogP contribution in [0.5, 0.6) is 0 Å². The number of allylic oxidation sites excluding steroid dienone is 4. The second-order valence-corrected chi connectivity index (χ2v) is 35.4. The van der Waals surface area contributed by atoms with Gasteiger partial charge in [-0.05, 0) is 0 Å². The summed E-state index contributed by atoms with van der Waals surface area (Å²) in [6.45, 7) is 0. The Balaban J connectivity index is 0.000000185. The van der Waals surface area contributed by atoms with Crippen LogP contribution in [-0.2, 0) is 11.3 Å². The van der Waals surface area contributed by atoms with E-state index < -0.39 is 19.4 Å². The average Bonchev–Trinajstić information content (AvgIpc) is 3.11. The Morgan fingerprint density at radius 3 is 1.70 bits per heavy atom. The summed E-state index contributed by atoms with van der Waals surface area (Å²) in [5.74, 6) is 0. The molecule has 0 saturated heterocycles. The van der Waals surface area contributed by atoms with E-state index in [-0.39, 0.29) is 0 Å². The quantitative estimate of drug-likeness (QED) is 0.432. The van der Waals surface area contributed by atoms with Crippen LogP contribution in [-0.4, -0.2) is 4.89 Å². The fraction of sp³-hybridized carbons (Fsp3) is 0.111. The number of rotatable bonds is 3. The zero-order chi connectivity index (χ0) is 16.7. The van der Waals surface area contributed by atoms with E-state index in [0.29, 0.717) is 0 Å². The van der Waals surface area contributed by atoms with Crippen molar-refractivity contribution in [2.24, 2.45) is 0 Å². The molecule has 5 heteroatoms. The van der Waals surface area contributed by atoms with Crippen LogP contribution >= 0.6 is 35.1 Å². The van der Waals surface area contributed by atoms with Gasteiger partial charge in [0.2, 0.25) is 0 Å². The normalized spacial score (nSPS) is 14.2. The van der Waals surface area contributed by atoms with Crippen LogP contribution in [0.15, 0.2) is 83.0 Å². The van der Waals surface area contributed by atoms with E-state index in [0.717, 1.165) is 17.0 Å². The van der Waals surface area contributed by atoms with Crippen LogP contribution < -0.4 is 10.6 Å². The van der Waals surface area contributed by atoms with Gasteiger partial charge in [-0.3, -0.25) is 0 Å². The summed E-state index contributed by atoms with van der Waals surface area (Å²) in [5, 5.41) is 1.99. The summed E-state index contributed by atoms with van der Waals surface area (Å²) in [5.41, 5.74) is 2.28. The van der Waals surface area contributed by atoms with Gasteiger partial charge in [0.1, 0.15) is 0 Å². The summed E-state index contributed by atoms with van der Waals surface area (Å²) in [6, 6.07) is 19.5. The predicted octanol–water partition coefficient (Wildman–Crippen LogP) is 5.68. The van der Waals surface area contributed by atoms with Gasteiger partial charge in [0, 0.05) is 10.6 Å². The van der Waals surface area contributed by atoms with E-state index in [4.69, 9.17) is 0 Å². The van der Waals surface area contributed by atoms with Crippen LogP contribution in [0, 0.1) is 0 Å². The molecule has 2 aromatic rings. The number of hydrogen-bond donors (Lipinski definition) is 1. The summed E-state index contributed by atoms with van der Waals surface area (Å²) in [6.07, 6.45) is 7.68. The Bertz CT molecular complexity index is 627. The fourth-order valence-corrected chi connectivity index (χ4v) is 8.40. The molecule has 0 spiro atoms. The van der Waals surface area contributed by atoms with Crippen molar-refractivity contribution in [3.63, 3.8) is 0 Å². The van der Waals surface area contributed by atoms with E-state index >= 15 is 0 Å². The number of benzene rings is 2. The second-order valence-electron chi connectivity index (χ2n) is 4.79. The van der Waals surface area contributed by atoms with Gasteiger partial charge < -0.3 is 4.89 Å². The van der Waals surface area contributed by atoms with Gasteiger partial charge in [0.25, 0.3) is 0 Å². The second kappa shape index (κ2) is 9.41. The first-order valence-electron chi connectivity index (χ1n) is 6.94. The summed E-state index contributed by atoms with van der Waals surface area (Å²) in [7, 11) is -1.17. The molecule has 0 amide bonds. The van der Waals surface area contributed by atoms with Crippen LogP contribution in [0.2, 0.25) is 5.44 Å². The van der Waals surface area contributed by atoms with Gasteiger partial charge >= 0.3 is 72.4 Å². The van der Waals surface area contributed by atoms with Crippen molar-refractivity contribution in [2.75, 3.05) is 0 Å². The molecule has 0 aliphatic heterocycles. The van der Waals surface area contributed by atoms with Crippen molar-refractivity contribution in [3.8, 4) is 0 Å². The zero-order valence-electron chi connectivity index (χ0n) is 12.7. The molecular formula is C18H19Br2IrOP. The van der Waals surface area contributed by atoms with E-state index in [9.17, 15) is 4.89 Å². The van der Waals surface area contributed by atoms with Crippen molar-refractivity contribution in [2.45, 2.75) is 11.9 Å². The third kappa shape index (κ3) is 6.38. The Labute approximate surface area is 155 Å². The number of hydrogen-bond acceptors (Lipinski definition) is 1. The summed E-state index contributed by atoms with van der Waals surface area (Å²) < 4.78 is 1.56. The van der Waals surface area contributed by atoms with E-state index in [2.05, 4.69) is 50.7 Å². The fourth-order valence-electron chi connectivity index (χ4n) is 1.92. The van der Waals surface area contributed by atoms with Crippen LogP contribution in [0.4, 0.5) is 0 Å². The molecule has 1 aliphatic carbocycles. The van der Waals surface area contributed by atoms with Crippen molar-refractivity contribution in [1.29, 1.82) is 0 Å². The average molecular weight is 634 g/mol. The molecule has 125 valence electrons. The predicted molar refractivity (Wildman–Crippen MR) is 107 cm³/mol. The van der Waals surface area contributed by atoms with E-state index in [1.807, 2.05) is 60.7 Å². The first kappa shape index (κ1) is 19.2. The monoisotopic (exact) mass is 633 g/mol. The van der Waals surface area contributed by atoms with E-state index in [1.165, 1.54) is 0 Å². The Kier molecular flexibility index (Phi) is 7.88. The van der Waals surface area contributed by atoms with Crippen molar-refractivity contribution >= 4 is 45.7 Å². The molecule has 1 nitrogen and oxygen atoms in total. The summed E-state index contributed by atoms with van der Waals surface area (Å²) >= 11 is 5.65. The van der Waals surface area contributed by atoms with Crippen molar-refractivity contribution < 1.29 is 16.2 Å². The van der Waals surface area contributed by atoms with Gasteiger partial charge in [0.15, 0.2) is 0 Å². The van der Waals surface area contributed by atoms with Gasteiger partial charge in [-0.2, -0.15) is 0 Å². The standard InChI is InChI=1S/C12H11OP.C5H5.CH3.2BrH.Ir/c13-14(11-7-3-1-4-8-11)12-9-5-2-6-10-12;1-2-4-5-3-1;;;;/h1-10,13H;1-3H,4H2;1H3;2*1H;/q;;;;;+2/p-2. The molecule has 1 N–H and O–H groups in total. The Morgan fingerprint density at radius 1 is 0.913 bits per heavy atom. The maximum atomic E-state index is 10.1. The van der Waals surface area contributed by atoms with E-state index in [1.54, 1.807) is 4.09 Å². The molecule has 2 aromatic carbocycles. The molecule has 0 heterocycles. The Hall–Kier alpha value is -0.0806. The molecule has 0 bridgehead atoms. The number of halogens is 2.